The topological polar surface area (TPSA) is 95.5 Å². The van der Waals surface area contributed by atoms with E-state index in [0.29, 0.717) is 25.9 Å². The van der Waals surface area contributed by atoms with Crippen molar-refractivity contribution < 1.29 is 19.5 Å². The van der Waals surface area contributed by atoms with E-state index in [2.05, 4.69) is 10.6 Å². The minimum Gasteiger partial charge on any atom is -0.481 e. The van der Waals surface area contributed by atoms with Crippen molar-refractivity contribution in [1.82, 2.24) is 10.6 Å². The van der Waals surface area contributed by atoms with Crippen LogP contribution in [0.3, 0.4) is 0 Å². The van der Waals surface area contributed by atoms with E-state index in [1.54, 1.807) is 0 Å². The van der Waals surface area contributed by atoms with E-state index < -0.39 is 5.97 Å². The number of amides is 2. The Morgan fingerprint density at radius 1 is 1.21 bits per heavy atom. The van der Waals surface area contributed by atoms with Gasteiger partial charge in [0.1, 0.15) is 0 Å². The second-order valence-corrected chi connectivity index (χ2v) is 2.67. The number of aliphatic carboxylic acids is 1. The van der Waals surface area contributed by atoms with Crippen LogP contribution in [0.25, 0.3) is 0 Å². The van der Waals surface area contributed by atoms with Crippen LogP contribution in [0, 0.1) is 0 Å². The summed E-state index contributed by atoms with van der Waals surface area (Å²) in [6.45, 7) is 0.653. The predicted molar refractivity (Wildman–Crippen MR) is 48.6 cm³/mol. The van der Waals surface area contributed by atoms with Crippen LogP contribution < -0.4 is 10.6 Å². The number of hydrogen-bond donors (Lipinski definition) is 3. The summed E-state index contributed by atoms with van der Waals surface area (Å²) >= 11 is 0. The van der Waals surface area contributed by atoms with Crippen LogP contribution in [0.2, 0.25) is 0 Å². The van der Waals surface area contributed by atoms with Gasteiger partial charge in [-0.25, -0.2) is 0 Å². The molecule has 0 spiro atoms. The van der Waals surface area contributed by atoms with Gasteiger partial charge in [-0.3, -0.25) is 14.4 Å². The molecule has 0 saturated heterocycles. The molecule has 0 aromatic carbocycles. The van der Waals surface area contributed by atoms with E-state index in [-0.39, 0.29) is 18.7 Å². The number of carbonyl (C=O) groups excluding carboxylic acids is 2. The summed E-state index contributed by atoms with van der Waals surface area (Å²) in [4.78, 5) is 30.9. The standard InChI is InChI=1S/C8H14N2O4/c11-6-9-5-3-7(12)10-4-1-2-8(13)14/h6H,1-5H2,(H,9,11)(H,10,12)(H,13,14). The molecule has 0 heterocycles. The van der Waals surface area contributed by atoms with Gasteiger partial charge in [-0.05, 0) is 6.42 Å². The maximum atomic E-state index is 10.9. The Balaban J connectivity index is 3.26. The van der Waals surface area contributed by atoms with Crippen LogP contribution in [0.15, 0.2) is 0 Å². The van der Waals surface area contributed by atoms with Crippen LogP contribution in [0.5, 0.6) is 0 Å². The number of hydrogen-bond acceptors (Lipinski definition) is 3. The van der Waals surface area contributed by atoms with Gasteiger partial charge < -0.3 is 15.7 Å². The normalized spacial score (nSPS) is 9.14. The van der Waals surface area contributed by atoms with Crippen molar-refractivity contribution in [2.24, 2.45) is 0 Å². The fourth-order valence-electron chi connectivity index (χ4n) is 0.800. The largest absolute Gasteiger partial charge is 0.481 e. The first-order chi connectivity index (χ1) is 6.66. The highest BCUT2D eigenvalue weighted by molar-refractivity contribution is 5.76. The first-order valence-electron chi connectivity index (χ1n) is 4.32. The van der Waals surface area contributed by atoms with Gasteiger partial charge in [0.25, 0.3) is 0 Å². The molecule has 0 fully saturated rings. The molecule has 0 radical (unpaired) electrons. The molecular formula is C8H14N2O4. The van der Waals surface area contributed by atoms with Gasteiger partial charge in [-0.15, -0.1) is 0 Å². The number of carbonyl (C=O) groups is 3. The third-order valence-electron chi connectivity index (χ3n) is 1.47. The molecule has 80 valence electrons. The van der Waals surface area contributed by atoms with E-state index in [1.807, 2.05) is 0 Å². The zero-order valence-corrected chi connectivity index (χ0v) is 7.78. The number of rotatable bonds is 8. The van der Waals surface area contributed by atoms with E-state index in [0.717, 1.165) is 0 Å². The Bertz CT molecular complexity index is 206. The summed E-state index contributed by atoms with van der Waals surface area (Å²) in [7, 11) is 0. The van der Waals surface area contributed by atoms with Gasteiger partial charge in [0, 0.05) is 25.9 Å². The maximum absolute atomic E-state index is 10.9. The minimum atomic E-state index is -0.873. The maximum Gasteiger partial charge on any atom is 0.303 e. The number of nitrogens with one attached hydrogen (secondary N) is 2. The Labute approximate surface area is 81.7 Å². The molecule has 14 heavy (non-hydrogen) atoms. The highest BCUT2D eigenvalue weighted by atomic mass is 16.4. The summed E-state index contributed by atoms with van der Waals surface area (Å²) in [5, 5.41) is 13.2. The molecule has 6 heteroatoms. The lowest BCUT2D eigenvalue weighted by Crippen LogP contribution is -2.28. The lowest BCUT2D eigenvalue weighted by molar-refractivity contribution is -0.137. The van der Waals surface area contributed by atoms with Crippen LogP contribution >= 0.6 is 0 Å². The molecule has 0 aromatic rings. The van der Waals surface area contributed by atoms with Gasteiger partial charge in [0.15, 0.2) is 0 Å². The van der Waals surface area contributed by atoms with E-state index in [9.17, 15) is 14.4 Å². The molecule has 0 aliphatic rings. The average molecular weight is 202 g/mol. The molecule has 0 atom stereocenters. The Morgan fingerprint density at radius 2 is 1.93 bits per heavy atom. The second kappa shape index (κ2) is 8.03. The highest BCUT2D eigenvalue weighted by Gasteiger charge is 2.00. The predicted octanol–water partition coefficient (Wildman–Crippen LogP) is -0.896. The third-order valence-corrected chi connectivity index (χ3v) is 1.47. The first kappa shape index (κ1) is 12.4. The molecule has 0 bridgehead atoms. The minimum absolute atomic E-state index is 0.0485. The second-order valence-electron chi connectivity index (χ2n) is 2.67. The zero-order valence-electron chi connectivity index (χ0n) is 7.78. The van der Waals surface area contributed by atoms with Gasteiger partial charge >= 0.3 is 5.97 Å². The van der Waals surface area contributed by atoms with Crippen molar-refractivity contribution in [3.8, 4) is 0 Å². The van der Waals surface area contributed by atoms with Crippen molar-refractivity contribution in [3.63, 3.8) is 0 Å². The number of carboxylic acids is 1. The summed E-state index contributed by atoms with van der Waals surface area (Å²) in [5.74, 6) is -1.06. The molecule has 0 aromatic heterocycles. The fourth-order valence-corrected chi connectivity index (χ4v) is 0.800. The smallest absolute Gasteiger partial charge is 0.303 e. The van der Waals surface area contributed by atoms with Gasteiger partial charge in [-0.2, -0.15) is 0 Å². The molecule has 0 rings (SSSR count). The fraction of sp³-hybridized carbons (Fsp3) is 0.625. The van der Waals surface area contributed by atoms with Crippen molar-refractivity contribution in [2.45, 2.75) is 19.3 Å². The van der Waals surface area contributed by atoms with Crippen LogP contribution in [-0.2, 0) is 14.4 Å². The first-order valence-corrected chi connectivity index (χ1v) is 4.32. The zero-order chi connectivity index (χ0) is 10.8. The van der Waals surface area contributed by atoms with Crippen LogP contribution in [0.1, 0.15) is 19.3 Å². The van der Waals surface area contributed by atoms with Crippen LogP contribution in [0.4, 0.5) is 0 Å². The van der Waals surface area contributed by atoms with Gasteiger partial charge in [-0.1, -0.05) is 0 Å². The van der Waals surface area contributed by atoms with Gasteiger partial charge in [0.05, 0.1) is 0 Å². The summed E-state index contributed by atoms with van der Waals surface area (Å²) in [6.07, 6.45) is 1.21. The average Bonchev–Trinajstić information content (AvgIpc) is 2.13. The van der Waals surface area contributed by atoms with E-state index in [1.165, 1.54) is 0 Å². The lowest BCUT2D eigenvalue weighted by atomic mass is 10.3. The molecule has 6 nitrogen and oxygen atoms in total. The summed E-state index contributed by atoms with van der Waals surface area (Å²) in [5.41, 5.74) is 0. The lowest BCUT2D eigenvalue weighted by Gasteiger charge is -2.03. The Hall–Kier alpha value is -1.59. The molecule has 0 unspecified atom stereocenters. The van der Waals surface area contributed by atoms with E-state index >= 15 is 0 Å². The molecule has 0 aliphatic carbocycles. The van der Waals surface area contributed by atoms with Crippen LogP contribution in [-0.4, -0.2) is 36.5 Å². The summed E-state index contributed by atoms with van der Waals surface area (Å²) in [6, 6.07) is 0. The Morgan fingerprint density at radius 3 is 2.50 bits per heavy atom. The van der Waals surface area contributed by atoms with E-state index in [4.69, 9.17) is 5.11 Å². The molecular weight excluding hydrogens is 188 g/mol. The SMILES string of the molecule is O=CNCCC(=O)NCCCC(=O)O. The van der Waals surface area contributed by atoms with Crippen molar-refractivity contribution in [2.75, 3.05) is 13.1 Å². The van der Waals surface area contributed by atoms with Gasteiger partial charge in [0.2, 0.25) is 12.3 Å². The highest BCUT2D eigenvalue weighted by Crippen LogP contribution is 1.86. The quantitative estimate of drug-likeness (QED) is 0.351. The molecule has 3 N–H and O–H groups in total. The third kappa shape index (κ3) is 8.51. The molecule has 0 saturated carbocycles. The summed E-state index contributed by atoms with van der Waals surface area (Å²) < 4.78 is 0. The Kier molecular flexibility index (Phi) is 7.12. The molecule has 2 amide bonds. The van der Waals surface area contributed by atoms with Crippen molar-refractivity contribution in [1.29, 1.82) is 0 Å². The van der Waals surface area contributed by atoms with Crippen molar-refractivity contribution >= 4 is 18.3 Å². The molecule has 0 aliphatic heterocycles. The number of carboxylic acid groups (broad SMARTS) is 1. The monoisotopic (exact) mass is 202 g/mol. The van der Waals surface area contributed by atoms with Crippen molar-refractivity contribution in [3.05, 3.63) is 0 Å².